The number of benzene rings is 1. The van der Waals surface area contributed by atoms with Gasteiger partial charge in [-0.25, -0.2) is 0 Å². The summed E-state index contributed by atoms with van der Waals surface area (Å²) >= 11 is 7.48. The molecule has 142 valence electrons. The van der Waals surface area contributed by atoms with E-state index in [0.717, 1.165) is 12.8 Å². The van der Waals surface area contributed by atoms with E-state index < -0.39 is 0 Å². The molecular formula is C19H20ClN3O3S. The van der Waals surface area contributed by atoms with E-state index >= 15 is 0 Å². The third-order valence-corrected chi connectivity index (χ3v) is 5.22. The highest BCUT2D eigenvalue weighted by atomic mass is 35.5. The standard InChI is InChI=1S/C19H20ClN3O3S/c20-14-3-4-16(15(11-14)19(26)23-8-1-2-9-23)22-17(24)5-7-21-18(25)13-6-10-27-12-13/h3-4,6,10-12H,1-2,5,7-9H2,(H,21,25)(H,22,24). The van der Waals surface area contributed by atoms with E-state index in [9.17, 15) is 14.4 Å². The van der Waals surface area contributed by atoms with E-state index in [1.165, 1.54) is 11.3 Å². The first kappa shape index (κ1) is 19.4. The van der Waals surface area contributed by atoms with Gasteiger partial charge in [0.2, 0.25) is 5.91 Å². The molecule has 3 rings (SSSR count). The maximum absolute atomic E-state index is 12.7. The predicted octanol–water partition coefficient (Wildman–Crippen LogP) is 3.40. The first-order chi connectivity index (χ1) is 13.0. The van der Waals surface area contributed by atoms with Gasteiger partial charge in [-0.05, 0) is 42.5 Å². The van der Waals surface area contributed by atoms with Crippen LogP contribution in [-0.4, -0.2) is 42.3 Å². The molecule has 2 aromatic rings. The minimum Gasteiger partial charge on any atom is -0.351 e. The van der Waals surface area contributed by atoms with Gasteiger partial charge >= 0.3 is 0 Å². The van der Waals surface area contributed by atoms with Crippen LogP contribution >= 0.6 is 22.9 Å². The molecule has 1 fully saturated rings. The molecule has 0 saturated carbocycles. The Morgan fingerprint density at radius 2 is 1.93 bits per heavy atom. The van der Waals surface area contributed by atoms with Gasteiger partial charge in [0.1, 0.15) is 0 Å². The lowest BCUT2D eigenvalue weighted by molar-refractivity contribution is -0.116. The van der Waals surface area contributed by atoms with Crippen LogP contribution in [0.5, 0.6) is 0 Å². The zero-order valence-electron chi connectivity index (χ0n) is 14.7. The van der Waals surface area contributed by atoms with Crippen molar-refractivity contribution in [2.45, 2.75) is 19.3 Å². The van der Waals surface area contributed by atoms with Crippen molar-refractivity contribution in [2.24, 2.45) is 0 Å². The fourth-order valence-electron chi connectivity index (χ4n) is 2.89. The first-order valence-corrected chi connectivity index (χ1v) is 10.1. The molecule has 2 heterocycles. The van der Waals surface area contributed by atoms with Gasteiger partial charge in [-0.2, -0.15) is 11.3 Å². The molecule has 1 aromatic heterocycles. The number of carbonyl (C=O) groups is 3. The van der Waals surface area contributed by atoms with Crippen molar-refractivity contribution in [1.29, 1.82) is 0 Å². The number of hydrogen-bond acceptors (Lipinski definition) is 4. The van der Waals surface area contributed by atoms with Gasteiger partial charge in [0, 0.05) is 42.0 Å². The summed E-state index contributed by atoms with van der Waals surface area (Å²) in [6, 6.07) is 6.57. The molecule has 0 spiro atoms. The van der Waals surface area contributed by atoms with Gasteiger partial charge in [-0.1, -0.05) is 11.6 Å². The molecule has 0 bridgehead atoms. The summed E-state index contributed by atoms with van der Waals surface area (Å²) in [5, 5.41) is 9.47. The van der Waals surface area contributed by atoms with Crippen molar-refractivity contribution in [3.05, 3.63) is 51.2 Å². The van der Waals surface area contributed by atoms with Crippen molar-refractivity contribution < 1.29 is 14.4 Å². The number of likely N-dealkylation sites (tertiary alicyclic amines) is 1. The molecular weight excluding hydrogens is 386 g/mol. The Kier molecular flexibility index (Phi) is 6.47. The van der Waals surface area contributed by atoms with Crippen LogP contribution in [0.2, 0.25) is 5.02 Å². The first-order valence-electron chi connectivity index (χ1n) is 8.73. The highest BCUT2D eigenvalue weighted by Crippen LogP contribution is 2.24. The average Bonchev–Trinajstić information content (AvgIpc) is 3.36. The van der Waals surface area contributed by atoms with Crippen LogP contribution in [0.4, 0.5) is 5.69 Å². The second-order valence-electron chi connectivity index (χ2n) is 6.26. The van der Waals surface area contributed by atoms with E-state index in [0.29, 0.717) is 34.9 Å². The normalized spacial score (nSPS) is 13.4. The average molecular weight is 406 g/mol. The highest BCUT2D eigenvalue weighted by molar-refractivity contribution is 7.08. The molecule has 1 aliphatic heterocycles. The number of halogens is 1. The number of rotatable bonds is 6. The lowest BCUT2D eigenvalue weighted by Crippen LogP contribution is -2.30. The number of nitrogens with zero attached hydrogens (tertiary/aromatic N) is 1. The smallest absolute Gasteiger partial charge is 0.256 e. The summed E-state index contributed by atoms with van der Waals surface area (Å²) in [7, 11) is 0. The van der Waals surface area contributed by atoms with Crippen LogP contribution in [0.3, 0.4) is 0 Å². The van der Waals surface area contributed by atoms with Crippen molar-refractivity contribution in [1.82, 2.24) is 10.2 Å². The lowest BCUT2D eigenvalue weighted by atomic mass is 10.1. The summed E-state index contributed by atoms with van der Waals surface area (Å²) in [5.41, 5.74) is 1.40. The molecule has 1 saturated heterocycles. The van der Waals surface area contributed by atoms with Crippen LogP contribution in [-0.2, 0) is 4.79 Å². The van der Waals surface area contributed by atoms with Crippen LogP contribution in [0.15, 0.2) is 35.0 Å². The monoisotopic (exact) mass is 405 g/mol. The van der Waals surface area contributed by atoms with Gasteiger partial charge in [-0.15, -0.1) is 0 Å². The van der Waals surface area contributed by atoms with E-state index in [-0.39, 0.29) is 30.7 Å². The van der Waals surface area contributed by atoms with Gasteiger partial charge in [-0.3, -0.25) is 14.4 Å². The Bertz CT molecular complexity index is 833. The quantitative estimate of drug-likeness (QED) is 0.773. The molecule has 1 aliphatic rings. The van der Waals surface area contributed by atoms with E-state index in [2.05, 4.69) is 10.6 Å². The van der Waals surface area contributed by atoms with E-state index in [1.807, 2.05) is 5.38 Å². The van der Waals surface area contributed by atoms with Gasteiger partial charge in [0.25, 0.3) is 11.8 Å². The van der Waals surface area contributed by atoms with Gasteiger partial charge in [0.15, 0.2) is 0 Å². The third-order valence-electron chi connectivity index (χ3n) is 4.30. The van der Waals surface area contributed by atoms with Crippen LogP contribution in [0.25, 0.3) is 0 Å². The van der Waals surface area contributed by atoms with Crippen LogP contribution < -0.4 is 10.6 Å². The lowest BCUT2D eigenvalue weighted by Gasteiger charge is -2.18. The second-order valence-corrected chi connectivity index (χ2v) is 7.47. The van der Waals surface area contributed by atoms with Crippen LogP contribution in [0.1, 0.15) is 40.0 Å². The predicted molar refractivity (Wildman–Crippen MR) is 106 cm³/mol. The van der Waals surface area contributed by atoms with E-state index in [4.69, 9.17) is 11.6 Å². The minimum atomic E-state index is -0.279. The fourth-order valence-corrected chi connectivity index (χ4v) is 3.70. The fraction of sp³-hybridized carbons (Fsp3) is 0.316. The Morgan fingerprint density at radius 3 is 2.63 bits per heavy atom. The maximum Gasteiger partial charge on any atom is 0.256 e. The van der Waals surface area contributed by atoms with Crippen LogP contribution in [0, 0.1) is 0 Å². The number of amides is 3. The SMILES string of the molecule is O=C(CCNC(=O)c1ccsc1)Nc1ccc(Cl)cc1C(=O)N1CCCC1. The van der Waals surface area contributed by atoms with Crippen molar-refractivity contribution >= 4 is 46.3 Å². The number of carbonyl (C=O) groups excluding carboxylic acids is 3. The topological polar surface area (TPSA) is 78.5 Å². The number of anilines is 1. The zero-order chi connectivity index (χ0) is 19.2. The number of hydrogen-bond donors (Lipinski definition) is 2. The minimum absolute atomic E-state index is 0.107. The van der Waals surface area contributed by atoms with Crippen molar-refractivity contribution in [3.63, 3.8) is 0 Å². The second kappa shape index (κ2) is 9.01. The summed E-state index contributed by atoms with van der Waals surface area (Å²) in [4.78, 5) is 38.6. The van der Waals surface area contributed by atoms with Gasteiger partial charge < -0.3 is 15.5 Å². The Morgan fingerprint density at radius 1 is 1.15 bits per heavy atom. The molecule has 0 radical (unpaired) electrons. The summed E-state index contributed by atoms with van der Waals surface area (Å²) in [6.45, 7) is 1.64. The third kappa shape index (κ3) is 5.08. The zero-order valence-corrected chi connectivity index (χ0v) is 16.2. The molecule has 3 amide bonds. The molecule has 0 aliphatic carbocycles. The highest BCUT2D eigenvalue weighted by Gasteiger charge is 2.23. The van der Waals surface area contributed by atoms with Crippen molar-refractivity contribution in [3.8, 4) is 0 Å². The Hall–Kier alpha value is -2.38. The summed E-state index contributed by atoms with van der Waals surface area (Å²) < 4.78 is 0. The molecule has 1 aromatic carbocycles. The summed E-state index contributed by atoms with van der Waals surface area (Å²) in [5.74, 6) is -0.616. The molecule has 0 unspecified atom stereocenters. The van der Waals surface area contributed by atoms with Crippen molar-refractivity contribution in [2.75, 3.05) is 25.0 Å². The molecule has 27 heavy (non-hydrogen) atoms. The Balaban J connectivity index is 1.58. The molecule has 0 atom stereocenters. The maximum atomic E-state index is 12.7. The molecule has 6 nitrogen and oxygen atoms in total. The summed E-state index contributed by atoms with van der Waals surface area (Å²) in [6.07, 6.45) is 2.07. The van der Waals surface area contributed by atoms with E-state index in [1.54, 1.807) is 34.5 Å². The molecule has 8 heteroatoms. The van der Waals surface area contributed by atoms with Gasteiger partial charge in [0.05, 0.1) is 11.3 Å². The number of thiophene rings is 1. The number of nitrogens with one attached hydrogen (secondary N) is 2. The largest absolute Gasteiger partial charge is 0.351 e. The Labute approximate surface area is 166 Å². The molecule has 2 N–H and O–H groups in total.